The summed E-state index contributed by atoms with van der Waals surface area (Å²) in [4.78, 5) is 19.3. The number of benzene rings is 2. The van der Waals surface area contributed by atoms with Crippen molar-refractivity contribution in [2.75, 3.05) is 0 Å². The van der Waals surface area contributed by atoms with Gasteiger partial charge in [-0.25, -0.2) is 0 Å². The van der Waals surface area contributed by atoms with Crippen LogP contribution in [0.5, 0.6) is 0 Å². The number of rotatable bonds is 5. The van der Waals surface area contributed by atoms with Crippen molar-refractivity contribution in [3.05, 3.63) is 82.5 Å². The molecule has 154 valence electrons. The number of aromatic nitrogens is 2. The first-order valence-electron chi connectivity index (χ1n) is 9.95. The van der Waals surface area contributed by atoms with Crippen LogP contribution < -0.4 is 0 Å². The van der Waals surface area contributed by atoms with Gasteiger partial charge in [0.15, 0.2) is 5.58 Å². The third kappa shape index (κ3) is 3.73. The summed E-state index contributed by atoms with van der Waals surface area (Å²) in [5.74, 6) is -0.0519. The second-order valence-electron chi connectivity index (χ2n) is 7.74. The van der Waals surface area contributed by atoms with Crippen LogP contribution in [-0.2, 0) is 6.54 Å². The van der Waals surface area contributed by atoms with Crippen LogP contribution in [0.4, 0.5) is 0 Å². The van der Waals surface area contributed by atoms with Gasteiger partial charge in [0, 0.05) is 35.2 Å². The third-order valence-electron chi connectivity index (χ3n) is 5.38. The average Bonchev–Trinajstić information content (AvgIpc) is 3.23. The molecule has 4 aromatic rings. The van der Waals surface area contributed by atoms with Crippen LogP contribution in [0, 0.1) is 13.8 Å². The summed E-state index contributed by atoms with van der Waals surface area (Å²) in [6.07, 6.45) is 0. The van der Waals surface area contributed by atoms with Crippen molar-refractivity contribution in [1.29, 1.82) is 0 Å². The molecule has 0 aliphatic carbocycles. The molecule has 0 fully saturated rings. The van der Waals surface area contributed by atoms with E-state index in [1.54, 1.807) is 18.2 Å². The number of halogens is 1. The van der Waals surface area contributed by atoms with Crippen LogP contribution in [0.15, 0.2) is 59.0 Å². The molecular weight excluding hydrogens is 398 g/mol. The highest BCUT2D eigenvalue weighted by atomic mass is 35.5. The van der Waals surface area contributed by atoms with Crippen molar-refractivity contribution in [2.24, 2.45) is 0 Å². The van der Waals surface area contributed by atoms with Gasteiger partial charge < -0.3 is 13.9 Å². The van der Waals surface area contributed by atoms with E-state index in [2.05, 4.69) is 41.6 Å². The van der Waals surface area contributed by atoms with Gasteiger partial charge >= 0.3 is 0 Å². The third-order valence-corrected chi connectivity index (χ3v) is 5.55. The van der Waals surface area contributed by atoms with Gasteiger partial charge in [-0.3, -0.25) is 4.79 Å². The quantitative estimate of drug-likeness (QED) is 0.400. The highest BCUT2D eigenvalue weighted by Gasteiger charge is 2.22. The van der Waals surface area contributed by atoms with Gasteiger partial charge in [0.1, 0.15) is 5.52 Å². The zero-order valence-corrected chi connectivity index (χ0v) is 18.3. The molecule has 2 aromatic carbocycles. The minimum absolute atomic E-state index is 0.0336. The lowest BCUT2D eigenvalue weighted by Gasteiger charge is -2.27. The summed E-state index contributed by atoms with van der Waals surface area (Å²) in [6, 6.07) is 17.7. The minimum atomic E-state index is -0.0519. The fraction of sp³-hybridized carbons (Fsp3) is 0.250. The van der Waals surface area contributed by atoms with E-state index in [4.69, 9.17) is 16.0 Å². The molecule has 0 saturated carbocycles. The Balaban J connectivity index is 1.66. The molecule has 0 spiro atoms. The molecule has 6 heteroatoms. The topological polar surface area (TPSA) is 51.3 Å². The predicted octanol–water partition coefficient (Wildman–Crippen LogP) is 5.94. The smallest absolute Gasteiger partial charge is 0.293 e. The Morgan fingerprint density at radius 2 is 1.87 bits per heavy atom. The number of amides is 1. The summed E-state index contributed by atoms with van der Waals surface area (Å²) in [5, 5.41) is 0.0728. The number of hydrogen-bond donors (Lipinski definition) is 0. The Morgan fingerprint density at radius 3 is 2.57 bits per heavy atom. The highest BCUT2D eigenvalue weighted by molar-refractivity contribution is 6.28. The largest absolute Gasteiger partial charge is 0.428 e. The lowest BCUT2D eigenvalue weighted by Crippen LogP contribution is -2.36. The van der Waals surface area contributed by atoms with Gasteiger partial charge in [-0.2, -0.15) is 4.98 Å². The molecule has 0 N–H and O–H groups in total. The number of para-hydroxylation sites is 1. The molecule has 1 amide bonds. The molecule has 0 saturated heterocycles. The second kappa shape index (κ2) is 8.00. The molecule has 0 bridgehead atoms. The van der Waals surface area contributed by atoms with E-state index in [1.165, 1.54) is 0 Å². The first kappa shape index (κ1) is 20.2. The van der Waals surface area contributed by atoms with E-state index in [1.807, 2.05) is 36.9 Å². The molecule has 5 nitrogen and oxygen atoms in total. The number of aryl methyl sites for hydroxylation is 1. The van der Waals surface area contributed by atoms with Crippen LogP contribution in [0.2, 0.25) is 5.35 Å². The maximum absolute atomic E-state index is 13.3. The molecule has 0 radical (unpaired) electrons. The van der Waals surface area contributed by atoms with Gasteiger partial charge in [0.2, 0.25) is 0 Å². The molecule has 0 aliphatic rings. The number of nitrogens with zero attached hydrogens (tertiary/aromatic N) is 3. The molecule has 0 aliphatic heterocycles. The number of carbonyl (C=O) groups excluding carboxylic acids is 1. The Labute approximate surface area is 180 Å². The van der Waals surface area contributed by atoms with Crippen LogP contribution in [0.25, 0.3) is 16.8 Å². The summed E-state index contributed by atoms with van der Waals surface area (Å²) in [6.45, 7) is 8.77. The summed E-state index contributed by atoms with van der Waals surface area (Å²) in [5.41, 5.74) is 6.23. The standard InChI is InChI=1S/C24H24ClN3O2/c1-15(2)27(23(29)18-10-11-21-22(13-18)30-24(25)26-21)14-19-12-16(3)28(17(19)4)20-8-6-5-7-9-20/h5-13,15H,14H2,1-4H3. The van der Waals surface area contributed by atoms with E-state index < -0.39 is 0 Å². The van der Waals surface area contributed by atoms with E-state index in [0.717, 1.165) is 22.6 Å². The maximum Gasteiger partial charge on any atom is 0.293 e. The van der Waals surface area contributed by atoms with Gasteiger partial charge in [-0.15, -0.1) is 0 Å². The predicted molar refractivity (Wildman–Crippen MR) is 119 cm³/mol. The fourth-order valence-electron chi connectivity index (χ4n) is 3.83. The lowest BCUT2D eigenvalue weighted by molar-refractivity contribution is 0.0690. The summed E-state index contributed by atoms with van der Waals surface area (Å²) < 4.78 is 7.61. The van der Waals surface area contributed by atoms with Crippen molar-refractivity contribution in [3.8, 4) is 5.69 Å². The fourth-order valence-corrected chi connectivity index (χ4v) is 4.01. The zero-order chi connectivity index (χ0) is 21.4. The summed E-state index contributed by atoms with van der Waals surface area (Å²) >= 11 is 5.84. The number of fused-ring (bicyclic) bond motifs is 1. The maximum atomic E-state index is 13.3. The first-order chi connectivity index (χ1) is 14.3. The van der Waals surface area contributed by atoms with Crippen LogP contribution in [0.3, 0.4) is 0 Å². The number of oxazole rings is 1. The Hall–Kier alpha value is -3.05. The van der Waals surface area contributed by atoms with Crippen molar-refractivity contribution in [2.45, 2.75) is 40.3 Å². The second-order valence-corrected chi connectivity index (χ2v) is 8.07. The van der Waals surface area contributed by atoms with E-state index in [-0.39, 0.29) is 17.3 Å². The van der Waals surface area contributed by atoms with Gasteiger partial charge in [-0.1, -0.05) is 18.2 Å². The van der Waals surface area contributed by atoms with E-state index in [9.17, 15) is 4.79 Å². The zero-order valence-electron chi connectivity index (χ0n) is 17.5. The minimum Gasteiger partial charge on any atom is -0.428 e. The van der Waals surface area contributed by atoms with E-state index >= 15 is 0 Å². The highest BCUT2D eigenvalue weighted by Crippen LogP contribution is 2.25. The van der Waals surface area contributed by atoms with Crippen LogP contribution in [-0.4, -0.2) is 26.4 Å². The Kier molecular flexibility index (Phi) is 5.39. The first-order valence-corrected chi connectivity index (χ1v) is 10.3. The Morgan fingerprint density at radius 1 is 1.13 bits per heavy atom. The van der Waals surface area contributed by atoms with Crippen LogP contribution >= 0.6 is 11.6 Å². The average molecular weight is 422 g/mol. The SMILES string of the molecule is Cc1cc(CN(C(=O)c2ccc3nc(Cl)oc3c2)C(C)C)c(C)n1-c1ccccc1. The molecule has 0 atom stereocenters. The van der Waals surface area contributed by atoms with Crippen molar-refractivity contribution in [3.63, 3.8) is 0 Å². The monoisotopic (exact) mass is 421 g/mol. The van der Waals surface area contributed by atoms with Gasteiger partial charge in [0.05, 0.1) is 0 Å². The lowest BCUT2D eigenvalue weighted by atomic mass is 10.1. The molecule has 0 unspecified atom stereocenters. The van der Waals surface area contributed by atoms with Crippen LogP contribution in [0.1, 0.15) is 41.2 Å². The molecule has 2 heterocycles. The molecule has 4 rings (SSSR count). The van der Waals surface area contributed by atoms with Gasteiger partial charge in [0.25, 0.3) is 11.3 Å². The molecular formula is C24H24ClN3O2. The molecule has 30 heavy (non-hydrogen) atoms. The van der Waals surface area contributed by atoms with Crippen molar-refractivity contribution < 1.29 is 9.21 Å². The number of carbonyl (C=O) groups is 1. The normalized spacial score (nSPS) is 11.4. The van der Waals surface area contributed by atoms with Crippen molar-refractivity contribution in [1.82, 2.24) is 14.5 Å². The summed E-state index contributed by atoms with van der Waals surface area (Å²) in [7, 11) is 0. The molecule has 2 aromatic heterocycles. The number of hydrogen-bond acceptors (Lipinski definition) is 3. The van der Waals surface area contributed by atoms with E-state index in [0.29, 0.717) is 23.2 Å². The Bertz CT molecular complexity index is 1210. The van der Waals surface area contributed by atoms with Gasteiger partial charge in [-0.05, 0) is 81.3 Å². The van der Waals surface area contributed by atoms with Crippen molar-refractivity contribution >= 4 is 28.6 Å².